The summed E-state index contributed by atoms with van der Waals surface area (Å²) in [4.78, 5) is 0. The van der Waals surface area contributed by atoms with Crippen LogP contribution in [-0.2, 0) is 6.54 Å². The average Bonchev–Trinajstić information content (AvgIpc) is 2.08. The van der Waals surface area contributed by atoms with Crippen molar-refractivity contribution in [3.8, 4) is 0 Å². The first kappa shape index (κ1) is 8.85. The fourth-order valence-corrected chi connectivity index (χ4v) is 1.19. The number of aryl methyl sites for hydroxylation is 1. The number of hydrogen-bond acceptors (Lipinski definition) is 1. The van der Waals surface area contributed by atoms with Gasteiger partial charge in [-0.05, 0) is 36.7 Å². The Morgan fingerprint density at radius 2 is 2.17 bits per heavy atom. The molecule has 1 aromatic carbocycles. The summed E-state index contributed by atoms with van der Waals surface area (Å²) < 4.78 is 0. The van der Waals surface area contributed by atoms with Gasteiger partial charge in [-0.2, -0.15) is 0 Å². The van der Waals surface area contributed by atoms with E-state index in [0.29, 0.717) is 0 Å². The molecule has 0 saturated carbocycles. The molecular weight excluding hydrogens is 146 g/mol. The minimum Gasteiger partial charge on any atom is -0.387 e. The molecule has 12 heavy (non-hydrogen) atoms. The average molecular weight is 161 g/mol. The van der Waals surface area contributed by atoms with Crippen molar-refractivity contribution in [2.75, 3.05) is 0 Å². The molecule has 1 aromatic rings. The van der Waals surface area contributed by atoms with E-state index in [-0.39, 0.29) is 0 Å². The largest absolute Gasteiger partial charge is 0.387 e. The summed E-state index contributed by atoms with van der Waals surface area (Å²) in [6.45, 7) is 8.77. The molecule has 0 bridgehead atoms. The third-order valence-corrected chi connectivity index (χ3v) is 2.15. The zero-order valence-electron chi connectivity index (χ0n) is 7.72. The fourth-order valence-electron chi connectivity index (χ4n) is 1.19. The Bertz CT molecular complexity index is 276. The van der Waals surface area contributed by atoms with Gasteiger partial charge in [0.2, 0.25) is 0 Å². The Hall–Kier alpha value is -1.24. The van der Waals surface area contributed by atoms with Crippen molar-refractivity contribution in [2.45, 2.75) is 20.4 Å². The molecule has 0 fully saturated rings. The van der Waals surface area contributed by atoms with Gasteiger partial charge >= 0.3 is 0 Å². The molecule has 1 rings (SSSR count). The molecule has 0 atom stereocenters. The molecule has 1 nitrogen and oxygen atoms in total. The summed E-state index contributed by atoms with van der Waals surface area (Å²) >= 11 is 0. The van der Waals surface area contributed by atoms with Gasteiger partial charge in [-0.15, -0.1) is 0 Å². The Labute approximate surface area is 74.1 Å². The zero-order chi connectivity index (χ0) is 8.97. The van der Waals surface area contributed by atoms with E-state index >= 15 is 0 Å². The van der Waals surface area contributed by atoms with E-state index in [1.807, 2.05) is 0 Å². The Morgan fingerprint density at radius 3 is 2.83 bits per heavy atom. The summed E-state index contributed by atoms with van der Waals surface area (Å²) in [6, 6.07) is 6.36. The summed E-state index contributed by atoms with van der Waals surface area (Å²) in [5.74, 6) is 0. The smallest absolute Gasteiger partial charge is 0.0397 e. The normalized spacial score (nSPS) is 9.50. The van der Waals surface area contributed by atoms with Crippen LogP contribution in [0.3, 0.4) is 0 Å². The van der Waals surface area contributed by atoms with Crippen LogP contribution < -0.4 is 5.32 Å². The third-order valence-electron chi connectivity index (χ3n) is 2.15. The van der Waals surface area contributed by atoms with Gasteiger partial charge in [0.15, 0.2) is 0 Å². The van der Waals surface area contributed by atoms with Crippen molar-refractivity contribution in [3.63, 3.8) is 0 Å². The lowest BCUT2D eigenvalue weighted by atomic mass is 10.0. The van der Waals surface area contributed by atoms with Gasteiger partial charge in [0.05, 0.1) is 0 Å². The highest BCUT2D eigenvalue weighted by Crippen LogP contribution is 2.11. The van der Waals surface area contributed by atoms with Crippen molar-refractivity contribution in [3.05, 3.63) is 47.7 Å². The lowest BCUT2D eigenvalue weighted by molar-refractivity contribution is 0.862. The van der Waals surface area contributed by atoms with Crippen LogP contribution in [0.5, 0.6) is 0 Å². The second kappa shape index (κ2) is 3.96. The quantitative estimate of drug-likeness (QED) is 0.718. The van der Waals surface area contributed by atoms with Gasteiger partial charge in [-0.25, -0.2) is 0 Å². The lowest BCUT2D eigenvalue weighted by Crippen LogP contribution is -2.05. The van der Waals surface area contributed by atoms with Gasteiger partial charge in [0.1, 0.15) is 0 Å². The van der Waals surface area contributed by atoms with Crippen LogP contribution in [0.1, 0.15) is 16.7 Å². The number of benzene rings is 1. The molecule has 0 aliphatic rings. The first-order valence-electron chi connectivity index (χ1n) is 4.15. The number of nitrogens with one attached hydrogen (secondary N) is 1. The zero-order valence-corrected chi connectivity index (χ0v) is 7.72. The SMILES string of the molecule is C=CNCc1cccc(C)c1C. The molecule has 0 spiro atoms. The molecule has 0 radical (unpaired) electrons. The van der Waals surface area contributed by atoms with Crippen molar-refractivity contribution in [2.24, 2.45) is 0 Å². The van der Waals surface area contributed by atoms with E-state index in [0.717, 1.165) is 6.54 Å². The van der Waals surface area contributed by atoms with Crippen LogP contribution in [-0.4, -0.2) is 0 Å². The number of hydrogen-bond donors (Lipinski definition) is 1. The summed E-state index contributed by atoms with van der Waals surface area (Å²) in [5, 5.41) is 3.10. The van der Waals surface area contributed by atoms with Crippen LogP contribution in [0.15, 0.2) is 31.0 Å². The molecule has 0 amide bonds. The van der Waals surface area contributed by atoms with Gasteiger partial charge in [-0.1, -0.05) is 24.8 Å². The van der Waals surface area contributed by atoms with Crippen LogP contribution in [0, 0.1) is 13.8 Å². The van der Waals surface area contributed by atoms with E-state index in [1.165, 1.54) is 16.7 Å². The van der Waals surface area contributed by atoms with Gasteiger partial charge in [-0.3, -0.25) is 0 Å². The number of rotatable bonds is 3. The monoisotopic (exact) mass is 161 g/mol. The summed E-state index contributed by atoms with van der Waals surface area (Å²) in [6.07, 6.45) is 1.72. The predicted octanol–water partition coefficient (Wildman–Crippen LogP) is 2.54. The highest BCUT2D eigenvalue weighted by atomic mass is 14.8. The van der Waals surface area contributed by atoms with Crippen LogP contribution in [0.25, 0.3) is 0 Å². The van der Waals surface area contributed by atoms with Gasteiger partial charge in [0, 0.05) is 6.54 Å². The van der Waals surface area contributed by atoms with Gasteiger partial charge < -0.3 is 5.32 Å². The van der Waals surface area contributed by atoms with E-state index in [4.69, 9.17) is 0 Å². The Morgan fingerprint density at radius 1 is 1.42 bits per heavy atom. The predicted molar refractivity (Wildman–Crippen MR) is 53.0 cm³/mol. The van der Waals surface area contributed by atoms with E-state index in [9.17, 15) is 0 Å². The van der Waals surface area contributed by atoms with Crippen LogP contribution in [0.4, 0.5) is 0 Å². The van der Waals surface area contributed by atoms with Crippen LogP contribution >= 0.6 is 0 Å². The van der Waals surface area contributed by atoms with E-state index < -0.39 is 0 Å². The molecule has 0 unspecified atom stereocenters. The van der Waals surface area contributed by atoms with E-state index in [2.05, 4.69) is 43.9 Å². The maximum Gasteiger partial charge on any atom is 0.0397 e. The second-order valence-electron chi connectivity index (χ2n) is 2.94. The Balaban J connectivity index is 2.84. The van der Waals surface area contributed by atoms with E-state index in [1.54, 1.807) is 6.20 Å². The third kappa shape index (κ3) is 1.88. The molecule has 64 valence electrons. The maximum absolute atomic E-state index is 3.62. The topological polar surface area (TPSA) is 12.0 Å². The molecule has 1 heteroatoms. The molecule has 0 aliphatic heterocycles. The first-order chi connectivity index (χ1) is 5.75. The summed E-state index contributed by atoms with van der Waals surface area (Å²) in [7, 11) is 0. The van der Waals surface area contributed by atoms with Gasteiger partial charge in [0.25, 0.3) is 0 Å². The lowest BCUT2D eigenvalue weighted by Gasteiger charge is -2.07. The minimum atomic E-state index is 0.872. The molecule has 0 saturated heterocycles. The van der Waals surface area contributed by atoms with Crippen molar-refractivity contribution < 1.29 is 0 Å². The summed E-state index contributed by atoms with van der Waals surface area (Å²) in [5.41, 5.74) is 4.06. The Kier molecular flexibility index (Phi) is 2.92. The maximum atomic E-state index is 3.62. The molecular formula is C11H15N. The minimum absolute atomic E-state index is 0.872. The van der Waals surface area contributed by atoms with Crippen molar-refractivity contribution in [1.82, 2.24) is 5.32 Å². The second-order valence-corrected chi connectivity index (χ2v) is 2.94. The van der Waals surface area contributed by atoms with Crippen molar-refractivity contribution in [1.29, 1.82) is 0 Å². The molecule has 0 aliphatic carbocycles. The van der Waals surface area contributed by atoms with Crippen LogP contribution in [0.2, 0.25) is 0 Å². The highest BCUT2D eigenvalue weighted by Gasteiger charge is 1.97. The first-order valence-corrected chi connectivity index (χ1v) is 4.15. The fraction of sp³-hybridized carbons (Fsp3) is 0.273. The highest BCUT2D eigenvalue weighted by molar-refractivity contribution is 5.32. The molecule has 0 heterocycles. The van der Waals surface area contributed by atoms with Crippen molar-refractivity contribution >= 4 is 0 Å². The molecule has 0 aromatic heterocycles. The molecule has 1 N–H and O–H groups in total. The standard InChI is InChI=1S/C11H15N/c1-4-12-8-11-7-5-6-9(2)10(11)3/h4-7,12H,1,8H2,2-3H3.